The van der Waals surface area contributed by atoms with Crippen LogP contribution in [0, 0.1) is 23.2 Å². The third kappa shape index (κ3) is 2.46. The summed E-state index contributed by atoms with van der Waals surface area (Å²) in [5.74, 6) is 0.882. The van der Waals surface area contributed by atoms with Gasteiger partial charge in [-0.25, -0.2) is 0 Å². The number of anilines is 1. The standard InChI is InChI=1S/C15H16F3N3/c16-15(17,18)11-2-4-14(10(5-11)6-19)21-7-9-1-3-13(20)12(9)8-21/h2,4-5,9,12-13H,1,3,7-8,20H2. The van der Waals surface area contributed by atoms with Crippen LogP contribution in [0.2, 0.25) is 0 Å². The molecule has 0 amide bonds. The van der Waals surface area contributed by atoms with E-state index in [9.17, 15) is 13.2 Å². The fourth-order valence-corrected chi connectivity index (χ4v) is 3.58. The molecule has 0 radical (unpaired) electrons. The lowest BCUT2D eigenvalue weighted by molar-refractivity contribution is -0.137. The number of nitrogens with two attached hydrogens (primary N) is 1. The molecule has 2 N–H and O–H groups in total. The maximum atomic E-state index is 12.7. The van der Waals surface area contributed by atoms with Crippen LogP contribution in [0.3, 0.4) is 0 Å². The summed E-state index contributed by atoms with van der Waals surface area (Å²) in [5, 5.41) is 9.16. The van der Waals surface area contributed by atoms with Crippen molar-refractivity contribution in [2.75, 3.05) is 18.0 Å². The highest BCUT2D eigenvalue weighted by molar-refractivity contribution is 5.61. The highest BCUT2D eigenvalue weighted by Gasteiger charge is 2.41. The number of hydrogen-bond acceptors (Lipinski definition) is 3. The van der Waals surface area contributed by atoms with E-state index in [1.165, 1.54) is 6.07 Å². The van der Waals surface area contributed by atoms with Gasteiger partial charge in [0, 0.05) is 19.1 Å². The average Bonchev–Trinajstić information content (AvgIpc) is 2.99. The molecule has 1 saturated carbocycles. The van der Waals surface area contributed by atoms with E-state index in [1.54, 1.807) is 0 Å². The zero-order valence-electron chi connectivity index (χ0n) is 11.4. The molecule has 1 aliphatic heterocycles. The first kappa shape index (κ1) is 14.2. The Labute approximate surface area is 121 Å². The number of rotatable bonds is 1. The van der Waals surface area contributed by atoms with Crippen LogP contribution in [0.15, 0.2) is 18.2 Å². The second kappa shape index (κ2) is 4.92. The van der Waals surface area contributed by atoms with Crippen molar-refractivity contribution in [3.05, 3.63) is 29.3 Å². The molecule has 1 aliphatic carbocycles. The molecule has 3 nitrogen and oxygen atoms in total. The maximum Gasteiger partial charge on any atom is 0.416 e. The first-order valence-corrected chi connectivity index (χ1v) is 7.02. The van der Waals surface area contributed by atoms with E-state index in [4.69, 9.17) is 11.0 Å². The predicted molar refractivity (Wildman–Crippen MR) is 72.6 cm³/mol. The molecular formula is C15H16F3N3. The Morgan fingerprint density at radius 2 is 2.00 bits per heavy atom. The Hall–Kier alpha value is -1.74. The second-order valence-electron chi connectivity index (χ2n) is 5.91. The Morgan fingerprint density at radius 1 is 1.24 bits per heavy atom. The SMILES string of the molecule is N#Cc1cc(C(F)(F)F)ccc1N1CC2CCC(N)C2C1. The van der Waals surface area contributed by atoms with Gasteiger partial charge in [-0.2, -0.15) is 18.4 Å². The quantitative estimate of drug-likeness (QED) is 0.866. The van der Waals surface area contributed by atoms with E-state index >= 15 is 0 Å². The number of fused-ring (bicyclic) bond motifs is 1. The minimum atomic E-state index is -4.42. The number of hydrogen-bond donors (Lipinski definition) is 1. The molecule has 1 saturated heterocycles. The normalized spacial score (nSPS) is 28.5. The van der Waals surface area contributed by atoms with Crippen LogP contribution in [0.25, 0.3) is 0 Å². The lowest BCUT2D eigenvalue weighted by Crippen LogP contribution is -2.30. The first-order chi connectivity index (χ1) is 9.90. The van der Waals surface area contributed by atoms with Gasteiger partial charge in [-0.05, 0) is 42.9 Å². The van der Waals surface area contributed by atoms with Gasteiger partial charge in [0.15, 0.2) is 0 Å². The molecule has 1 heterocycles. The molecule has 3 rings (SSSR count). The van der Waals surface area contributed by atoms with Gasteiger partial charge in [-0.1, -0.05) is 0 Å². The summed E-state index contributed by atoms with van der Waals surface area (Å²) in [7, 11) is 0. The van der Waals surface area contributed by atoms with Crippen LogP contribution in [0.1, 0.15) is 24.0 Å². The van der Waals surface area contributed by atoms with Crippen LogP contribution in [0.5, 0.6) is 0 Å². The molecule has 2 aliphatic rings. The zero-order chi connectivity index (χ0) is 15.2. The minimum absolute atomic E-state index is 0.0818. The van der Waals surface area contributed by atoms with Gasteiger partial charge in [-0.15, -0.1) is 0 Å². The molecule has 21 heavy (non-hydrogen) atoms. The van der Waals surface area contributed by atoms with Crippen LogP contribution < -0.4 is 10.6 Å². The highest BCUT2D eigenvalue weighted by Crippen LogP contribution is 2.40. The lowest BCUT2D eigenvalue weighted by Gasteiger charge is -2.22. The van der Waals surface area contributed by atoms with Crippen molar-refractivity contribution in [2.24, 2.45) is 17.6 Å². The molecule has 0 bridgehead atoms. The molecule has 112 valence electrons. The lowest BCUT2D eigenvalue weighted by atomic mass is 9.98. The monoisotopic (exact) mass is 295 g/mol. The Kier molecular flexibility index (Phi) is 3.33. The van der Waals surface area contributed by atoms with Gasteiger partial charge < -0.3 is 10.6 Å². The van der Waals surface area contributed by atoms with E-state index in [-0.39, 0.29) is 11.6 Å². The smallest absolute Gasteiger partial charge is 0.370 e. The summed E-state index contributed by atoms with van der Waals surface area (Å²) in [6.07, 6.45) is -2.35. The van der Waals surface area contributed by atoms with Crippen molar-refractivity contribution in [1.82, 2.24) is 0 Å². The molecule has 2 fully saturated rings. The summed E-state index contributed by atoms with van der Waals surface area (Å²) in [4.78, 5) is 2.01. The molecule has 1 aromatic rings. The summed E-state index contributed by atoms with van der Waals surface area (Å²) < 4.78 is 38.1. The Bertz CT molecular complexity index is 591. The molecule has 6 heteroatoms. The van der Waals surface area contributed by atoms with Crippen molar-refractivity contribution in [2.45, 2.75) is 25.1 Å². The Balaban J connectivity index is 1.88. The molecule has 3 atom stereocenters. The summed E-state index contributed by atoms with van der Waals surface area (Å²) >= 11 is 0. The van der Waals surface area contributed by atoms with Gasteiger partial charge >= 0.3 is 6.18 Å². The van der Waals surface area contributed by atoms with Gasteiger partial charge in [-0.3, -0.25) is 0 Å². The molecule has 3 unspecified atom stereocenters. The topological polar surface area (TPSA) is 53.0 Å². The predicted octanol–water partition coefficient (Wildman–Crippen LogP) is 2.75. The van der Waals surface area contributed by atoms with E-state index in [1.807, 2.05) is 11.0 Å². The van der Waals surface area contributed by atoms with Gasteiger partial charge in [0.2, 0.25) is 0 Å². The Morgan fingerprint density at radius 3 is 2.62 bits per heavy atom. The molecule has 1 aromatic carbocycles. The zero-order valence-corrected chi connectivity index (χ0v) is 11.4. The summed E-state index contributed by atoms with van der Waals surface area (Å²) in [6, 6.07) is 5.45. The molecule has 0 aromatic heterocycles. The van der Waals surface area contributed by atoms with Crippen LogP contribution in [0.4, 0.5) is 18.9 Å². The maximum absolute atomic E-state index is 12.7. The van der Waals surface area contributed by atoms with Crippen molar-refractivity contribution in [1.29, 1.82) is 5.26 Å². The number of halogens is 3. The van der Waals surface area contributed by atoms with E-state index < -0.39 is 11.7 Å². The largest absolute Gasteiger partial charge is 0.416 e. The van der Waals surface area contributed by atoms with Crippen molar-refractivity contribution < 1.29 is 13.2 Å². The summed E-state index contributed by atoms with van der Waals surface area (Å²) in [5.41, 5.74) is 5.96. The minimum Gasteiger partial charge on any atom is -0.370 e. The van der Waals surface area contributed by atoms with Crippen LogP contribution >= 0.6 is 0 Å². The molecular weight excluding hydrogens is 279 g/mol. The van der Waals surface area contributed by atoms with Gasteiger partial charge in [0.1, 0.15) is 6.07 Å². The van der Waals surface area contributed by atoms with E-state index in [0.29, 0.717) is 17.5 Å². The number of benzene rings is 1. The van der Waals surface area contributed by atoms with Crippen LogP contribution in [-0.4, -0.2) is 19.1 Å². The fourth-order valence-electron chi connectivity index (χ4n) is 3.58. The number of alkyl halides is 3. The van der Waals surface area contributed by atoms with Crippen LogP contribution in [-0.2, 0) is 6.18 Å². The van der Waals surface area contributed by atoms with Crippen molar-refractivity contribution in [3.63, 3.8) is 0 Å². The third-order valence-corrected chi connectivity index (χ3v) is 4.70. The second-order valence-corrected chi connectivity index (χ2v) is 5.91. The van der Waals surface area contributed by atoms with Crippen molar-refractivity contribution in [3.8, 4) is 6.07 Å². The van der Waals surface area contributed by atoms with Gasteiger partial charge in [0.05, 0.1) is 16.8 Å². The first-order valence-electron chi connectivity index (χ1n) is 7.02. The van der Waals surface area contributed by atoms with E-state index in [2.05, 4.69) is 0 Å². The third-order valence-electron chi connectivity index (χ3n) is 4.70. The molecule has 0 spiro atoms. The number of nitrogens with zero attached hydrogens (tertiary/aromatic N) is 2. The van der Waals surface area contributed by atoms with Gasteiger partial charge in [0.25, 0.3) is 0 Å². The van der Waals surface area contributed by atoms with Crippen molar-refractivity contribution >= 4 is 5.69 Å². The fraction of sp³-hybridized carbons (Fsp3) is 0.533. The average molecular weight is 295 g/mol. The summed E-state index contributed by atoms with van der Waals surface area (Å²) in [6.45, 7) is 1.50. The van der Waals surface area contributed by atoms with E-state index in [0.717, 1.165) is 38.1 Å². The number of nitriles is 1. The highest BCUT2D eigenvalue weighted by atomic mass is 19.4.